The molecule has 0 aromatic heterocycles. The normalized spacial score (nSPS) is 30.0. The van der Waals surface area contributed by atoms with Crippen LogP contribution >= 0.6 is 0 Å². The number of hydrogen-bond donors (Lipinski definition) is 1. The highest BCUT2D eigenvalue weighted by molar-refractivity contribution is 6.05. The summed E-state index contributed by atoms with van der Waals surface area (Å²) in [6.07, 6.45) is 4.97. The third-order valence-corrected chi connectivity index (χ3v) is 5.84. The summed E-state index contributed by atoms with van der Waals surface area (Å²) < 4.78 is 0. The summed E-state index contributed by atoms with van der Waals surface area (Å²) in [4.78, 5) is 41.6. The van der Waals surface area contributed by atoms with Gasteiger partial charge < -0.3 is 5.73 Å². The van der Waals surface area contributed by atoms with Gasteiger partial charge in [-0.05, 0) is 38.8 Å². The Morgan fingerprint density at radius 1 is 1.09 bits per heavy atom. The van der Waals surface area contributed by atoms with E-state index in [-0.39, 0.29) is 30.2 Å². The van der Waals surface area contributed by atoms with Crippen LogP contribution in [0.3, 0.4) is 0 Å². The van der Waals surface area contributed by atoms with Gasteiger partial charge in [0.05, 0.1) is 12.5 Å². The molecule has 2 N–H and O–H groups in total. The number of rotatable bonds is 3. The van der Waals surface area contributed by atoms with E-state index in [1.807, 2.05) is 0 Å². The van der Waals surface area contributed by atoms with Crippen LogP contribution in [-0.2, 0) is 14.4 Å². The maximum Gasteiger partial charge on any atom is 0.246 e. The van der Waals surface area contributed by atoms with E-state index in [1.54, 1.807) is 0 Å². The van der Waals surface area contributed by atoms with E-state index in [0.717, 1.165) is 25.9 Å². The van der Waals surface area contributed by atoms with Gasteiger partial charge in [-0.1, -0.05) is 6.42 Å². The van der Waals surface area contributed by atoms with Crippen LogP contribution in [0.15, 0.2) is 0 Å². The number of nitrogens with zero attached hydrogens (tertiary/aromatic N) is 3. The first-order valence-electron chi connectivity index (χ1n) is 8.55. The Morgan fingerprint density at radius 3 is 2.17 bits per heavy atom. The highest BCUT2D eigenvalue weighted by Crippen LogP contribution is 2.33. The van der Waals surface area contributed by atoms with Crippen molar-refractivity contribution in [3.63, 3.8) is 0 Å². The summed E-state index contributed by atoms with van der Waals surface area (Å²) >= 11 is 0. The SMILES string of the molecule is CN1C(=O)C[C@@H](N2CCC(C(N)=O)(N3CCCCC3)CC2)C1=O. The van der Waals surface area contributed by atoms with Crippen LogP contribution in [-0.4, -0.2) is 77.2 Å². The maximum atomic E-state index is 12.2. The molecule has 0 spiro atoms. The van der Waals surface area contributed by atoms with Crippen molar-refractivity contribution < 1.29 is 14.4 Å². The van der Waals surface area contributed by atoms with E-state index < -0.39 is 5.54 Å². The van der Waals surface area contributed by atoms with Crippen molar-refractivity contribution in [1.29, 1.82) is 0 Å². The van der Waals surface area contributed by atoms with Crippen LogP contribution in [0.25, 0.3) is 0 Å². The molecule has 1 atom stereocenters. The first-order valence-corrected chi connectivity index (χ1v) is 8.55. The number of amides is 3. The van der Waals surface area contributed by atoms with E-state index in [4.69, 9.17) is 5.73 Å². The van der Waals surface area contributed by atoms with Crippen molar-refractivity contribution in [2.75, 3.05) is 33.2 Å². The number of hydrogen-bond acceptors (Lipinski definition) is 5. The first-order chi connectivity index (χ1) is 11.0. The van der Waals surface area contributed by atoms with Crippen LogP contribution in [0.5, 0.6) is 0 Å². The molecule has 0 radical (unpaired) electrons. The van der Waals surface area contributed by atoms with Crippen LogP contribution in [0, 0.1) is 0 Å². The van der Waals surface area contributed by atoms with Crippen LogP contribution in [0.4, 0.5) is 0 Å². The van der Waals surface area contributed by atoms with E-state index in [1.165, 1.54) is 18.4 Å². The summed E-state index contributed by atoms with van der Waals surface area (Å²) in [5.74, 6) is -0.493. The largest absolute Gasteiger partial charge is 0.368 e. The molecule has 0 aliphatic carbocycles. The Hall–Kier alpha value is -1.47. The summed E-state index contributed by atoms with van der Waals surface area (Å²) in [5.41, 5.74) is 5.20. The molecule has 3 heterocycles. The van der Waals surface area contributed by atoms with Crippen molar-refractivity contribution in [1.82, 2.24) is 14.7 Å². The zero-order valence-corrected chi connectivity index (χ0v) is 13.8. The Kier molecular flexibility index (Phi) is 4.42. The Labute approximate surface area is 136 Å². The van der Waals surface area contributed by atoms with Crippen molar-refractivity contribution in [2.24, 2.45) is 5.73 Å². The van der Waals surface area contributed by atoms with E-state index in [9.17, 15) is 14.4 Å². The minimum Gasteiger partial charge on any atom is -0.368 e. The maximum absolute atomic E-state index is 12.2. The van der Waals surface area contributed by atoms with Gasteiger partial charge in [0.2, 0.25) is 17.7 Å². The molecule has 23 heavy (non-hydrogen) atoms. The second-order valence-corrected chi connectivity index (χ2v) is 6.99. The van der Waals surface area contributed by atoms with Gasteiger partial charge in [-0.3, -0.25) is 29.1 Å². The lowest BCUT2D eigenvalue weighted by Crippen LogP contribution is -2.64. The Morgan fingerprint density at radius 2 is 1.70 bits per heavy atom. The van der Waals surface area contributed by atoms with Gasteiger partial charge in [0.15, 0.2) is 0 Å². The molecule has 7 heteroatoms. The Balaban J connectivity index is 1.69. The van der Waals surface area contributed by atoms with Gasteiger partial charge in [0, 0.05) is 20.1 Å². The zero-order valence-electron chi connectivity index (χ0n) is 13.8. The third kappa shape index (κ3) is 2.76. The second-order valence-electron chi connectivity index (χ2n) is 6.99. The number of carbonyl (C=O) groups is 3. The van der Waals surface area contributed by atoms with Crippen LogP contribution < -0.4 is 5.73 Å². The second kappa shape index (κ2) is 6.20. The summed E-state index contributed by atoms with van der Waals surface area (Å²) in [6.45, 7) is 3.12. The minimum absolute atomic E-state index is 0.122. The molecular formula is C16H26N4O3. The summed E-state index contributed by atoms with van der Waals surface area (Å²) in [6, 6.07) is -0.361. The van der Waals surface area contributed by atoms with Gasteiger partial charge >= 0.3 is 0 Å². The van der Waals surface area contributed by atoms with Gasteiger partial charge in [-0.25, -0.2) is 0 Å². The molecule has 0 aromatic rings. The summed E-state index contributed by atoms with van der Waals surface area (Å²) in [5, 5.41) is 0. The Bertz CT molecular complexity index is 507. The molecule has 3 aliphatic heterocycles. The van der Waals surface area contributed by atoms with E-state index in [0.29, 0.717) is 25.9 Å². The van der Waals surface area contributed by atoms with Crippen molar-refractivity contribution in [2.45, 2.75) is 50.1 Å². The van der Waals surface area contributed by atoms with Crippen LogP contribution in [0.1, 0.15) is 38.5 Å². The van der Waals surface area contributed by atoms with Gasteiger partial charge in [0.1, 0.15) is 5.54 Å². The average molecular weight is 322 g/mol. The van der Waals surface area contributed by atoms with Gasteiger partial charge in [-0.15, -0.1) is 0 Å². The van der Waals surface area contributed by atoms with Gasteiger partial charge in [0.25, 0.3) is 0 Å². The average Bonchev–Trinajstić information content (AvgIpc) is 2.83. The topological polar surface area (TPSA) is 87.0 Å². The lowest BCUT2D eigenvalue weighted by atomic mass is 9.83. The molecule has 3 amide bonds. The van der Waals surface area contributed by atoms with Crippen molar-refractivity contribution in [3.05, 3.63) is 0 Å². The monoisotopic (exact) mass is 322 g/mol. The number of carbonyl (C=O) groups excluding carboxylic acids is 3. The molecule has 3 rings (SSSR count). The lowest BCUT2D eigenvalue weighted by molar-refractivity contribution is -0.139. The molecule has 0 bridgehead atoms. The predicted octanol–water partition coefficient (Wildman–Crippen LogP) is -0.450. The van der Waals surface area contributed by atoms with E-state index >= 15 is 0 Å². The molecule has 3 aliphatic rings. The molecular weight excluding hydrogens is 296 g/mol. The molecule has 7 nitrogen and oxygen atoms in total. The number of imide groups is 1. The molecule has 128 valence electrons. The lowest BCUT2D eigenvalue weighted by Gasteiger charge is -2.48. The fraction of sp³-hybridized carbons (Fsp3) is 0.812. The third-order valence-electron chi connectivity index (χ3n) is 5.84. The predicted molar refractivity (Wildman–Crippen MR) is 84.3 cm³/mol. The van der Waals surface area contributed by atoms with Crippen molar-refractivity contribution in [3.8, 4) is 0 Å². The number of piperidine rings is 2. The number of nitrogens with two attached hydrogens (primary N) is 1. The zero-order chi connectivity index (χ0) is 16.6. The smallest absolute Gasteiger partial charge is 0.246 e. The number of likely N-dealkylation sites (N-methyl/N-ethyl adjacent to an activating group) is 1. The molecule has 0 unspecified atom stereocenters. The highest BCUT2D eigenvalue weighted by Gasteiger charge is 2.48. The molecule has 3 fully saturated rings. The summed E-state index contributed by atoms with van der Waals surface area (Å²) in [7, 11) is 1.54. The van der Waals surface area contributed by atoms with Crippen molar-refractivity contribution >= 4 is 17.7 Å². The standard InChI is InChI=1S/C16H26N4O3/c1-18-13(21)11-12(14(18)22)19-9-5-16(6-10-19,15(17)23)20-7-3-2-4-8-20/h12H,2-11H2,1H3,(H2,17,23)/t12-/m1/s1. The fourth-order valence-corrected chi connectivity index (χ4v) is 4.27. The van der Waals surface area contributed by atoms with Gasteiger partial charge in [-0.2, -0.15) is 0 Å². The molecule has 0 aromatic carbocycles. The van der Waals surface area contributed by atoms with E-state index in [2.05, 4.69) is 9.80 Å². The molecule has 3 saturated heterocycles. The fourth-order valence-electron chi connectivity index (χ4n) is 4.27. The molecule has 0 saturated carbocycles. The minimum atomic E-state index is -0.575. The quantitative estimate of drug-likeness (QED) is 0.711. The van der Waals surface area contributed by atoms with Crippen LogP contribution in [0.2, 0.25) is 0 Å². The number of likely N-dealkylation sites (tertiary alicyclic amines) is 3. The number of primary amides is 1. The highest BCUT2D eigenvalue weighted by atomic mass is 16.2. The first kappa shape index (κ1) is 16.4.